The number of rotatable bonds is 8. The number of hydrogen-bond donors (Lipinski definition) is 1. The molecule has 8 heteroatoms. The summed E-state index contributed by atoms with van der Waals surface area (Å²) in [7, 11) is 1.84. The zero-order valence-electron chi connectivity index (χ0n) is 15.6. The van der Waals surface area contributed by atoms with Crippen LogP contribution in [-0.2, 0) is 18.4 Å². The first kappa shape index (κ1) is 19.6. The molecule has 7 nitrogen and oxygen atoms in total. The lowest BCUT2D eigenvalue weighted by Gasteiger charge is -2.07. The van der Waals surface area contributed by atoms with Gasteiger partial charge in [-0.1, -0.05) is 30.0 Å². The van der Waals surface area contributed by atoms with Gasteiger partial charge in [0.25, 0.3) is 0 Å². The van der Waals surface area contributed by atoms with Crippen molar-refractivity contribution in [3.05, 3.63) is 66.0 Å². The molecule has 1 aromatic heterocycles. The lowest BCUT2D eigenvalue weighted by Crippen LogP contribution is -2.14. The Bertz CT molecular complexity index is 955. The second-order valence-corrected chi connectivity index (χ2v) is 6.97. The molecule has 2 aromatic carbocycles. The Hall–Kier alpha value is -3.13. The molecule has 1 heterocycles. The van der Waals surface area contributed by atoms with E-state index < -0.39 is 0 Å². The molecule has 0 aliphatic heterocycles. The van der Waals surface area contributed by atoms with E-state index in [1.165, 1.54) is 18.7 Å². The Morgan fingerprint density at radius 3 is 2.46 bits per heavy atom. The van der Waals surface area contributed by atoms with E-state index in [1.54, 1.807) is 24.3 Å². The fraction of sp³-hybridized carbons (Fsp3) is 0.200. The van der Waals surface area contributed by atoms with E-state index in [-0.39, 0.29) is 17.4 Å². The summed E-state index contributed by atoms with van der Waals surface area (Å²) in [4.78, 5) is 23.4. The minimum atomic E-state index is -0.161. The highest BCUT2D eigenvalue weighted by Crippen LogP contribution is 2.18. The Labute approximate surface area is 167 Å². The Morgan fingerprint density at radius 2 is 1.79 bits per heavy atom. The number of thioether (sulfide) groups is 1. The molecule has 0 aliphatic rings. The molecule has 28 heavy (non-hydrogen) atoms. The van der Waals surface area contributed by atoms with Crippen LogP contribution in [0.15, 0.2) is 59.8 Å². The Morgan fingerprint density at radius 1 is 1.07 bits per heavy atom. The normalized spacial score (nSPS) is 10.5. The second-order valence-electron chi connectivity index (χ2n) is 6.03. The quantitative estimate of drug-likeness (QED) is 0.464. The van der Waals surface area contributed by atoms with Crippen molar-refractivity contribution in [3.8, 4) is 5.75 Å². The molecule has 0 atom stereocenters. The van der Waals surface area contributed by atoms with Gasteiger partial charge in [-0.25, -0.2) is 0 Å². The highest BCUT2D eigenvalue weighted by molar-refractivity contribution is 7.99. The van der Waals surface area contributed by atoms with E-state index >= 15 is 0 Å². The first-order valence-electron chi connectivity index (χ1n) is 8.62. The molecule has 144 valence electrons. The first-order chi connectivity index (χ1) is 13.5. The van der Waals surface area contributed by atoms with Gasteiger partial charge in [0, 0.05) is 18.3 Å². The third kappa shape index (κ3) is 5.20. The number of benzene rings is 2. The first-order valence-corrected chi connectivity index (χ1v) is 9.61. The van der Waals surface area contributed by atoms with Crippen LogP contribution >= 0.6 is 11.8 Å². The van der Waals surface area contributed by atoms with Crippen molar-refractivity contribution in [2.75, 3.05) is 11.1 Å². The van der Waals surface area contributed by atoms with Crippen molar-refractivity contribution in [3.63, 3.8) is 0 Å². The number of Topliss-reactive ketones (excluding diaryl/α,β-unsaturated/α-hetero) is 1. The molecule has 3 rings (SSSR count). The summed E-state index contributed by atoms with van der Waals surface area (Å²) in [5, 5.41) is 11.7. The van der Waals surface area contributed by atoms with Gasteiger partial charge in [-0.15, -0.1) is 10.2 Å². The highest BCUT2D eigenvalue weighted by atomic mass is 32.2. The van der Waals surface area contributed by atoms with E-state index in [0.29, 0.717) is 28.8 Å². The summed E-state index contributed by atoms with van der Waals surface area (Å²) >= 11 is 1.29. The van der Waals surface area contributed by atoms with Crippen molar-refractivity contribution >= 4 is 29.1 Å². The maximum absolute atomic E-state index is 12.2. The summed E-state index contributed by atoms with van der Waals surface area (Å²) in [6.07, 6.45) is 0. The predicted molar refractivity (Wildman–Crippen MR) is 108 cm³/mol. The number of carbonyl (C=O) groups is 2. The summed E-state index contributed by atoms with van der Waals surface area (Å²) in [5.74, 6) is 1.45. The molecular formula is C20H20N4O3S. The van der Waals surface area contributed by atoms with Gasteiger partial charge >= 0.3 is 0 Å². The van der Waals surface area contributed by atoms with Crippen molar-refractivity contribution in [1.29, 1.82) is 0 Å². The van der Waals surface area contributed by atoms with Crippen LogP contribution in [0, 0.1) is 0 Å². The molecule has 0 saturated heterocycles. The number of hydrogen-bond acceptors (Lipinski definition) is 6. The number of nitrogens with one attached hydrogen (secondary N) is 1. The van der Waals surface area contributed by atoms with Crippen molar-refractivity contribution in [2.45, 2.75) is 18.7 Å². The van der Waals surface area contributed by atoms with Gasteiger partial charge in [0.2, 0.25) is 5.91 Å². The van der Waals surface area contributed by atoms with Gasteiger partial charge in [0.15, 0.2) is 16.8 Å². The average molecular weight is 396 g/mol. The van der Waals surface area contributed by atoms with Crippen LogP contribution in [0.4, 0.5) is 5.69 Å². The highest BCUT2D eigenvalue weighted by Gasteiger charge is 2.12. The number of para-hydroxylation sites is 1. The van der Waals surface area contributed by atoms with Gasteiger partial charge in [-0.2, -0.15) is 0 Å². The number of ketones is 1. The van der Waals surface area contributed by atoms with E-state index in [4.69, 9.17) is 4.74 Å². The number of aromatic nitrogens is 3. The molecule has 0 fully saturated rings. The number of nitrogens with zero attached hydrogens (tertiary/aromatic N) is 3. The van der Waals surface area contributed by atoms with Crippen molar-refractivity contribution < 1.29 is 14.3 Å². The lowest BCUT2D eigenvalue weighted by molar-refractivity contribution is -0.113. The van der Waals surface area contributed by atoms with E-state index in [9.17, 15) is 9.59 Å². The number of amides is 1. The smallest absolute Gasteiger partial charge is 0.234 e. The average Bonchev–Trinajstić information content (AvgIpc) is 3.05. The molecule has 0 radical (unpaired) electrons. The zero-order valence-corrected chi connectivity index (χ0v) is 16.4. The second kappa shape index (κ2) is 9.18. The van der Waals surface area contributed by atoms with Crippen LogP contribution in [0.1, 0.15) is 23.1 Å². The van der Waals surface area contributed by atoms with E-state index in [2.05, 4.69) is 15.5 Å². The molecule has 0 aliphatic carbocycles. The van der Waals surface area contributed by atoms with Crippen molar-refractivity contribution in [1.82, 2.24) is 14.8 Å². The monoisotopic (exact) mass is 396 g/mol. The van der Waals surface area contributed by atoms with Gasteiger partial charge in [0.1, 0.15) is 12.4 Å². The molecule has 0 bridgehead atoms. The minimum absolute atomic E-state index is 0.0113. The maximum atomic E-state index is 12.2. The fourth-order valence-electron chi connectivity index (χ4n) is 2.38. The SMILES string of the molecule is CC(=O)c1ccc(NC(=O)CSc2nnc(COc3ccccc3)n2C)cc1. The predicted octanol–water partition coefficient (Wildman–Crippen LogP) is 3.33. The summed E-state index contributed by atoms with van der Waals surface area (Å²) in [5.41, 5.74) is 1.25. The molecular weight excluding hydrogens is 376 g/mol. The van der Waals surface area contributed by atoms with Crippen LogP contribution in [0.3, 0.4) is 0 Å². The molecule has 3 aromatic rings. The Kier molecular flexibility index (Phi) is 6.44. The maximum Gasteiger partial charge on any atom is 0.234 e. The van der Waals surface area contributed by atoms with Crippen LogP contribution in [0.2, 0.25) is 0 Å². The number of carbonyl (C=O) groups excluding carboxylic acids is 2. The molecule has 1 amide bonds. The van der Waals surface area contributed by atoms with E-state index in [1.807, 2.05) is 41.9 Å². The summed E-state index contributed by atoms with van der Waals surface area (Å²) in [6, 6.07) is 16.3. The van der Waals surface area contributed by atoms with Gasteiger partial charge < -0.3 is 14.6 Å². The van der Waals surface area contributed by atoms with Gasteiger partial charge in [0.05, 0.1) is 5.75 Å². The van der Waals surface area contributed by atoms with Crippen LogP contribution in [0.25, 0.3) is 0 Å². The molecule has 1 N–H and O–H groups in total. The van der Waals surface area contributed by atoms with Gasteiger partial charge in [-0.05, 0) is 43.3 Å². The zero-order chi connectivity index (χ0) is 19.9. The topological polar surface area (TPSA) is 86.1 Å². The summed E-state index contributed by atoms with van der Waals surface area (Å²) < 4.78 is 7.49. The number of ether oxygens (including phenoxy) is 1. The van der Waals surface area contributed by atoms with Crippen LogP contribution in [-0.4, -0.2) is 32.2 Å². The van der Waals surface area contributed by atoms with Crippen molar-refractivity contribution in [2.24, 2.45) is 7.05 Å². The third-order valence-electron chi connectivity index (χ3n) is 3.94. The van der Waals surface area contributed by atoms with Gasteiger partial charge in [-0.3, -0.25) is 9.59 Å². The molecule has 0 unspecified atom stereocenters. The largest absolute Gasteiger partial charge is 0.486 e. The molecule has 0 spiro atoms. The summed E-state index contributed by atoms with van der Waals surface area (Å²) in [6.45, 7) is 1.80. The fourth-order valence-corrected chi connectivity index (χ4v) is 3.11. The molecule has 0 saturated carbocycles. The third-order valence-corrected chi connectivity index (χ3v) is 4.96. The number of anilines is 1. The Balaban J connectivity index is 1.50. The van der Waals surface area contributed by atoms with Crippen LogP contribution < -0.4 is 10.1 Å². The minimum Gasteiger partial charge on any atom is -0.486 e. The lowest BCUT2D eigenvalue weighted by atomic mass is 10.1. The van der Waals surface area contributed by atoms with Crippen LogP contribution in [0.5, 0.6) is 5.75 Å². The van der Waals surface area contributed by atoms with E-state index in [0.717, 1.165) is 5.75 Å². The standard InChI is InChI=1S/C20H20N4O3S/c1-14(25)15-8-10-16(11-9-15)21-19(26)13-28-20-23-22-18(24(20)2)12-27-17-6-4-3-5-7-17/h3-11H,12-13H2,1-2H3,(H,21,26).